The molecule has 5 fully saturated rings. The number of carbonyl (C=O) groups is 5. The third-order valence-electron chi connectivity index (χ3n) is 22.6. The number of hydrogen-bond acceptors (Lipinski definition) is 25. The van der Waals surface area contributed by atoms with Gasteiger partial charge in [0.15, 0.2) is 46.5 Å². The van der Waals surface area contributed by atoms with E-state index in [9.17, 15) is 38.2 Å². The van der Waals surface area contributed by atoms with Crippen molar-refractivity contribution in [3.8, 4) is 0 Å². The van der Waals surface area contributed by atoms with Gasteiger partial charge in [-0.25, -0.2) is 14.4 Å². The van der Waals surface area contributed by atoms with Gasteiger partial charge in [-0.15, -0.1) is 0 Å². The molecule has 6 aliphatic heterocycles. The van der Waals surface area contributed by atoms with Crippen LogP contribution in [0.1, 0.15) is 189 Å². The molecule has 106 heavy (non-hydrogen) atoms. The topological polar surface area (TPSA) is 376 Å². The Bertz CT molecular complexity index is 3080. The van der Waals surface area contributed by atoms with Crippen molar-refractivity contribution in [1.29, 1.82) is 0 Å². The second-order valence-electron chi connectivity index (χ2n) is 32.1. The molecule has 25 atom stereocenters. The minimum atomic E-state index is -1.23. The second-order valence-corrected chi connectivity index (χ2v) is 33.7. The van der Waals surface area contributed by atoms with Gasteiger partial charge in [-0.05, 0) is 198 Å². The average Bonchev–Trinajstić information content (AvgIpc) is 1.62. The van der Waals surface area contributed by atoms with Gasteiger partial charge in [0.25, 0.3) is 0 Å². The van der Waals surface area contributed by atoms with Crippen molar-refractivity contribution < 1.29 is 90.3 Å². The van der Waals surface area contributed by atoms with E-state index in [0.29, 0.717) is 115 Å². The molecule has 2 amide bonds. The third-order valence-corrected chi connectivity index (χ3v) is 24.3. The van der Waals surface area contributed by atoms with E-state index >= 15 is 0 Å². The van der Waals surface area contributed by atoms with Crippen LogP contribution in [0.25, 0.3) is 20.9 Å². The zero-order valence-electron chi connectivity index (χ0n) is 67.6. The Morgan fingerprint density at radius 3 is 1.86 bits per heavy atom. The first-order chi connectivity index (χ1) is 49.7. The Morgan fingerprint density at radius 2 is 1.34 bits per heavy atom. The summed E-state index contributed by atoms with van der Waals surface area (Å²) in [5.74, 6) is -4.96. The van der Waals surface area contributed by atoms with Gasteiger partial charge in [-0.1, -0.05) is 51.8 Å². The average molecular weight is 1540 g/mol. The van der Waals surface area contributed by atoms with Crippen LogP contribution in [0.3, 0.4) is 0 Å². The van der Waals surface area contributed by atoms with Gasteiger partial charge in [0, 0.05) is 100 Å². The molecule has 6 rings (SSSR count). The Morgan fingerprint density at radius 1 is 0.792 bits per heavy atom. The number of rotatable bonds is 32. The molecule has 33 heteroatoms. The highest BCUT2D eigenvalue weighted by atomic mass is 31.1. The molecule has 3 N–H and O–H groups in total. The highest BCUT2D eigenvalue weighted by molar-refractivity contribution is 7.25. The number of carbonyl (C=O) groups excluding carboxylic acids is 5. The lowest BCUT2D eigenvalue weighted by atomic mass is 9.78. The molecule has 0 aromatic rings. The normalized spacial score (nSPS) is 35.3. The van der Waals surface area contributed by atoms with Crippen molar-refractivity contribution in [2.24, 2.45) is 39.8 Å². The summed E-state index contributed by atoms with van der Waals surface area (Å²) in [4.78, 5) is 80.9. The maximum Gasteiger partial charge on any atom is 0.410 e. The molecule has 0 spiro atoms. The molecule has 6 heterocycles. The smallest absolute Gasteiger partial charge is 0.410 e. The van der Waals surface area contributed by atoms with E-state index in [1.54, 1.807) is 65.6 Å². The van der Waals surface area contributed by atoms with Crippen LogP contribution in [0.2, 0.25) is 0 Å². The number of nitrogens with one attached hydrogen (secondary N) is 2. The lowest BCUT2D eigenvalue weighted by molar-refractivity contribution is -0.266. The van der Waals surface area contributed by atoms with Gasteiger partial charge in [-0.3, -0.25) is 28.5 Å². The molecule has 604 valence electrons. The van der Waals surface area contributed by atoms with Crippen LogP contribution in [0.5, 0.6) is 0 Å². The number of cyclic esters (lactones) is 3. The fraction of sp³-hybridized carbons (Fsp3) is 0.904. The lowest BCUT2D eigenvalue weighted by Gasteiger charge is -2.47. The van der Waals surface area contributed by atoms with E-state index in [4.69, 9.17) is 63.2 Å². The molecule has 6 unspecified atom stereocenters. The first kappa shape index (κ1) is 91.7. The minimum Gasteiger partial charge on any atom is -0.458 e. The van der Waals surface area contributed by atoms with E-state index in [1.165, 1.54) is 6.92 Å². The number of nitrogens with zero attached hydrogens (tertiary/aromatic N) is 10. The van der Waals surface area contributed by atoms with Crippen molar-refractivity contribution in [1.82, 2.24) is 30.2 Å². The quantitative estimate of drug-likeness (QED) is 0.00823. The number of unbranched alkanes of at least 4 members (excludes halogenated alkanes) is 2. The van der Waals surface area contributed by atoms with Gasteiger partial charge in [-0.2, -0.15) is 0 Å². The summed E-state index contributed by atoms with van der Waals surface area (Å²) in [5, 5.41) is 25.6. The largest absolute Gasteiger partial charge is 0.458 e. The third kappa shape index (κ3) is 22.2. The number of amides is 2. The number of aliphatic hydroxyl groups is 1. The van der Waals surface area contributed by atoms with Crippen molar-refractivity contribution in [3.05, 3.63) is 32.2 Å². The maximum absolute atomic E-state index is 14.3. The molecular weight excluding hydrogens is 1410 g/mol. The van der Waals surface area contributed by atoms with Crippen LogP contribution < -0.4 is 10.6 Å². The van der Waals surface area contributed by atoms with Gasteiger partial charge in [0.05, 0.1) is 59.4 Å². The Labute approximate surface area is 632 Å². The molecule has 0 aliphatic carbocycles. The second kappa shape index (κ2) is 40.3. The van der Waals surface area contributed by atoms with Crippen LogP contribution in [0, 0.1) is 29.6 Å². The van der Waals surface area contributed by atoms with Crippen LogP contribution >= 0.6 is 16.9 Å². The monoisotopic (exact) mass is 1540 g/mol. The standard InChI is InChI=1S/C38H67N6O10P.C35H61N6O9P/c1-14-28(45)38(10)31(44(35(47)54-38)18-16-15-17-41-42-39)26(6)40-21-22(2)20-37(9,49-13)32(24(4)29-25(5)33(46)53-36(7,8)52-29)51-34-30(55-48)27(43(11)12)19-23(3)50-34;1-12-26-35(8)29(41(33(44)50-35)16-14-13-15-38-39-36)24(6)37-19-20(2)18-34(7,46-11)30(22(4)27(42)23(5)31(43)48-26)49-32-28(51-45)25(40(9)10)17-21(3)47-32/h22-24,26-28,30-32,34,40,45H,14-21H2,1-13H3;20-26,28-30,32,37H,12-19H2,1-11H3/t22-,23?,24+,26-,27?,28-,30?,31-,32-,34+,37-,38-;20-,21?,22+,23-,24-,25?,26-,28?,29-,30-,32+,34-,35-/m11/s1. The van der Waals surface area contributed by atoms with E-state index in [0.717, 1.165) is 0 Å². The number of aliphatic hydroxyl groups excluding tert-OH is 1. The highest BCUT2D eigenvalue weighted by Crippen LogP contribution is 2.45. The number of ketones is 1. The molecule has 0 aromatic carbocycles. The van der Waals surface area contributed by atoms with Crippen molar-refractivity contribution in [2.45, 2.75) is 314 Å². The summed E-state index contributed by atoms with van der Waals surface area (Å²) in [6.45, 7) is 35.8. The summed E-state index contributed by atoms with van der Waals surface area (Å²) < 4.78 is 94.2. The van der Waals surface area contributed by atoms with Crippen LogP contribution in [-0.4, -0.2) is 261 Å². The predicted molar refractivity (Wildman–Crippen MR) is 399 cm³/mol. The van der Waals surface area contributed by atoms with Gasteiger partial charge >= 0.3 is 24.1 Å². The summed E-state index contributed by atoms with van der Waals surface area (Å²) in [6.07, 6.45) is -1.03. The Kier molecular flexibility index (Phi) is 34.9. The molecule has 0 aromatic heterocycles. The zero-order chi connectivity index (χ0) is 79.7. The first-order valence-electron chi connectivity index (χ1n) is 37.9. The number of fused-ring (bicyclic) bond motifs is 1. The SMILES string of the molecule is CC[C@@H](O)[C@@]1(C)OC(=O)N(CCCCN=[N+]=[N-])[C@@H]1[C@@H](C)NC[C@H](C)C[C@@](C)(OC)[C@H](O[C@@H]1OC(C)CC(N(C)C)C1P=O)[C@@H](C)C1=C(C)C(=O)OC(C)(C)O1.CC[C@H]1OC(=O)[C@H](C)C(=O)[C@H](C)[C@@H](O[C@@H]2OC(C)CC(N(C)C)C2P=O)[C@](C)(OC)C[C@@H](C)CN[C@H](C)[C@H]2N(CCCCN=[N+]=[N-])C(=O)O[C@]12C. The first-order valence-corrected chi connectivity index (χ1v) is 39.7. The number of esters is 2. The fourth-order valence-electron chi connectivity index (χ4n) is 16.8. The number of ether oxygens (including phenoxy) is 11. The summed E-state index contributed by atoms with van der Waals surface area (Å²) in [5.41, 5.74) is 12.2. The van der Waals surface area contributed by atoms with Gasteiger partial charge in [0.1, 0.15) is 29.1 Å². The lowest BCUT2D eigenvalue weighted by Crippen LogP contribution is -2.61. The fourth-order valence-corrected chi connectivity index (χ4v) is 18.4. The van der Waals surface area contributed by atoms with E-state index in [-0.39, 0.29) is 65.1 Å². The molecule has 0 bridgehead atoms. The highest BCUT2D eigenvalue weighted by Gasteiger charge is 2.60. The maximum atomic E-state index is 14.3. The zero-order valence-corrected chi connectivity index (χ0v) is 69.4. The van der Waals surface area contributed by atoms with Crippen molar-refractivity contribution >= 4 is 46.8 Å². The van der Waals surface area contributed by atoms with E-state index < -0.39 is 136 Å². The summed E-state index contributed by atoms with van der Waals surface area (Å²) >= 11 is 0. The molecule has 6 aliphatic rings. The predicted octanol–water partition coefficient (Wildman–Crippen LogP) is 11.5. The molecule has 0 saturated carbocycles. The Hall–Kier alpha value is -4.93. The number of hydrogen-bond donors (Lipinski definition) is 3. The number of Topliss-reactive ketones (excluding diaryl/α,β-unsaturated/α-hetero) is 1. The van der Waals surface area contributed by atoms with Gasteiger partial charge in [0.2, 0.25) is 5.79 Å². The van der Waals surface area contributed by atoms with Crippen LogP contribution in [0.15, 0.2) is 21.6 Å². The van der Waals surface area contributed by atoms with E-state index in [2.05, 4.69) is 44.5 Å². The van der Waals surface area contributed by atoms with Crippen LogP contribution in [0.4, 0.5) is 9.59 Å². The minimum absolute atomic E-state index is 0.0102. The van der Waals surface area contributed by atoms with Gasteiger partial charge < -0.3 is 77.6 Å². The molecule has 5 saturated heterocycles. The molecule has 0 radical (unpaired) electrons. The Balaban J connectivity index is 0.000000382. The van der Waals surface area contributed by atoms with Crippen LogP contribution in [-0.2, 0) is 75.6 Å². The summed E-state index contributed by atoms with van der Waals surface area (Å²) in [7, 11) is 10.7. The molecule has 31 nitrogen and oxygen atoms in total. The number of methoxy groups -OCH3 is 2. The van der Waals surface area contributed by atoms with Crippen molar-refractivity contribution in [2.75, 3.05) is 81.7 Å². The summed E-state index contributed by atoms with van der Waals surface area (Å²) in [6, 6.07) is -1.75. The van der Waals surface area contributed by atoms with E-state index in [1.807, 2.05) is 100 Å². The number of azide groups is 2. The molecular formula is C73H128N12O19P2. The van der Waals surface area contributed by atoms with Crippen molar-refractivity contribution in [3.63, 3.8) is 0 Å².